The van der Waals surface area contributed by atoms with Crippen molar-refractivity contribution in [1.82, 2.24) is 4.90 Å². The van der Waals surface area contributed by atoms with Crippen molar-refractivity contribution in [2.75, 3.05) is 13.6 Å². The van der Waals surface area contributed by atoms with E-state index >= 15 is 0 Å². The van der Waals surface area contributed by atoms with E-state index in [1.807, 2.05) is 13.0 Å². The van der Waals surface area contributed by atoms with E-state index in [0.717, 1.165) is 11.8 Å². The lowest BCUT2D eigenvalue weighted by Gasteiger charge is -2.27. The van der Waals surface area contributed by atoms with Gasteiger partial charge in [0.25, 0.3) is 0 Å². The van der Waals surface area contributed by atoms with Gasteiger partial charge in [-0.15, -0.1) is 0 Å². The van der Waals surface area contributed by atoms with Gasteiger partial charge in [0, 0.05) is 18.2 Å². The summed E-state index contributed by atoms with van der Waals surface area (Å²) in [4.78, 5) is 1.73. The maximum absolute atomic E-state index is 13.9. The van der Waals surface area contributed by atoms with Crippen LogP contribution >= 0.6 is 0 Å². The lowest BCUT2D eigenvalue weighted by Crippen LogP contribution is -2.31. The second-order valence-electron chi connectivity index (χ2n) is 4.97. The van der Waals surface area contributed by atoms with Gasteiger partial charge in [-0.1, -0.05) is 0 Å². The van der Waals surface area contributed by atoms with Gasteiger partial charge >= 0.3 is 0 Å². The first-order chi connectivity index (χ1) is 9.92. The monoisotopic (exact) mass is 298 g/mol. The molecule has 2 N–H and O–H groups in total. The maximum Gasteiger partial charge on any atom is 0.161 e. The van der Waals surface area contributed by atoms with Crippen molar-refractivity contribution in [3.63, 3.8) is 0 Å². The standard InChI is InChI=1S/C15H17F3N2O/c1-9-3-4-10(21-9)8-20(2)15(7-19)11-5-13(17)14(18)6-12(11)16/h3-6,15H,7-8,19H2,1-2H3. The minimum Gasteiger partial charge on any atom is -0.465 e. The summed E-state index contributed by atoms with van der Waals surface area (Å²) >= 11 is 0. The average Bonchev–Trinajstić information content (AvgIpc) is 2.81. The zero-order valence-corrected chi connectivity index (χ0v) is 11.9. The third-order valence-corrected chi connectivity index (χ3v) is 3.36. The molecule has 0 aliphatic heterocycles. The highest BCUT2D eigenvalue weighted by Crippen LogP contribution is 2.25. The molecule has 0 bridgehead atoms. The van der Waals surface area contributed by atoms with Crippen LogP contribution in [0.1, 0.15) is 23.1 Å². The van der Waals surface area contributed by atoms with Crippen LogP contribution in [0.15, 0.2) is 28.7 Å². The second-order valence-corrected chi connectivity index (χ2v) is 4.97. The number of nitrogens with zero attached hydrogens (tertiary/aromatic N) is 1. The minimum absolute atomic E-state index is 0.0298. The summed E-state index contributed by atoms with van der Waals surface area (Å²) in [6.07, 6.45) is 0. The predicted octanol–water partition coefficient (Wildman–Crippen LogP) is 3.14. The normalized spacial score (nSPS) is 12.9. The van der Waals surface area contributed by atoms with Gasteiger partial charge in [0.2, 0.25) is 0 Å². The van der Waals surface area contributed by atoms with Crippen molar-refractivity contribution in [2.45, 2.75) is 19.5 Å². The molecule has 2 aromatic rings. The number of benzene rings is 1. The molecule has 0 saturated heterocycles. The number of furan rings is 1. The number of likely N-dealkylation sites (N-methyl/N-ethyl adjacent to an activating group) is 1. The first kappa shape index (κ1) is 15.6. The SMILES string of the molecule is Cc1ccc(CN(C)C(CN)c2cc(F)c(F)cc2F)o1. The topological polar surface area (TPSA) is 42.4 Å². The molecule has 1 heterocycles. The molecule has 0 aliphatic carbocycles. The third-order valence-electron chi connectivity index (χ3n) is 3.36. The molecule has 1 aromatic carbocycles. The van der Waals surface area contributed by atoms with Crippen LogP contribution in [-0.4, -0.2) is 18.5 Å². The molecule has 114 valence electrons. The molecule has 21 heavy (non-hydrogen) atoms. The smallest absolute Gasteiger partial charge is 0.161 e. The van der Waals surface area contributed by atoms with Crippen LogP contribution in [-0.2, 0) is 6.54 Å². The molecule has 0 fully saturated rings. The van der Waals surface area contributed by atoms with Crippen molar-refractivity contribution < 1.29 is 17.6 Å². The molecule has 0 aliphatic rings. The molecule has 0 radical (unpaired) electrons. The first-order valence-electron chi connectivity index (χ1n) is 6.52. The fourth-order valence-electron chi connectivity index (χ4n) is 2.26. The number of hydrogen-bond donors (Lipinski definition) is 1. The van der Waals surface area contributed by atoms with Crippen LogP contribution < -0.4 is 5.73 Å². The molecular formula is C15H17F3N2O. The van der Waals surface area contributed by atoms with Crippen LogP contribution in [0.3, 0.4) is 0 Å². The number of aryl methyl sites for hydroxylation is 1. The van der Waals surface area contributed by atoms with Gasteiger partial charge < -0.3 is 10.2 Å². The van der Waals surface area contributed by atoms with E-state index in [1.165, 1.54) is 0 Å². The van der Waals surface area contributed by atoms with Gasteiger partial charge in [-0.3, -0.25) is 4.90 Å². The Kier molecular flexibility index (Phi) is 4.69. The molecule has 2 rings (SSSR count). The fourth-order valence-corrected chi connectivity index (χ4v) is 2.26. The van der Waals surface area contributed by atoms with Crippen molar-refractivity contribution >= 4 is 0 Å². The first-order valence-corrected chi connectivity index (χ1v) is 6.52. The van der Waals surface area contributed by atoms with E-state index < -0.39 is 23.5 Å². The third kappa shape index (κ3) is 3.46. The molecule has 1 unspecified atom stereocenters. The number of hydrogen-bond acceptors (Lipinski definition) is 3. The Hall–Kier alpha value is -1.79. The van der Waals surface area contributed by atoms with Gasteiger partial charge in [0.1, 0.15) is 17.3 Å². The Morgan fingerprint density at radius 2 is 1.81 bits per heavy atom. The Bertz CT molecular complexity index is 627. The Balaban J connectivity index is 2.24. The van der Waals surface area contributed by atoms with Gasteiger partial charge in [-0.05, 0) is 32.2 Å². The van der Waals surface area contributed by atoms with Crippen molar-refractivity contribution in [2.24, 2.45) is 5.73 Å². The summed E-state index contributed by atoms with van der Waals surface area (Å²) in [6, 6.07) is 4.44. The summed E-state index contributed by atoms with van der Waals surface area (Å²) in [5.41, 5.74) is 5.70. The Morgan fingerprint density at radius 1 is 1.14 bits per heavy atom. The van der Waals surface area contributed by atoms with Crippen molar-refractivity contribution in [3.05, 3.63) is 58.8 Å². The van der Waals surface area contributed by atoms with E-state index in [-0.39, 0.29) is 12.1 Å². The van der Waals surface area contributed by atoms with E-state index in [9.17, 15) is 13.2 Å². The van der Waals surface area contributed by atoms with Gasteiger partial charge in [-0.2, -0.15) is 0 Å². The second kappa shape index (κ2) is 6.32. The zero-order chi connectivity index (χ0) is 15.6. The highest BCUT2D eigenvalue weighted by Gasteiger charge is 2.22. The molecule has 3 nitrogen and oxygen atoms in total. The summed E-state index contributed by atoms with van der Waals surface area (Å²) < 4.78 is 45.6. The van der Waals surface area contributed by atoms with Gasteiger partial charge in [0.15, 0.2) is 11.6 Å². The van der Waals surface area contributed by atoms with Crippen molar-refractivity contribution in [3.8, 4) is 0 Å². The zero-order valence-electron chi connectivity index (χ0n) is 11.9. The Morgan fingerprint density at radius 3 is 2.38 bits per heavy atom. The van der Waals surface area contributed by atoms with E-state index in [4.69, 9.17) is 10.2 Å². The van der Waals surface area contributed by atoms with Crippen LogP contribution in [0.4, 0.5) is 13.2 Å². The van der Waals surface area contributed by atoms with Crippen LogP contribution in [0, 0.1) is 24.4 Å². The number of nitrogens with two attached hydrogens (primary N) is 1. The van der Waals surface area contributed by atoms with Crippen molar-refractivity contribution in [1.29, 1.82) is 0 Å². The minimum atomic E-state index is -1.21. The van der Waals surface area contributed by atoms with Crippen LogP contribution in [0.5, 0.6) is 0 Å². The molecule has 1 aromatic heterocycles. The van der Waals surface area contributed by atoms with Crippen LogP contribution in [0.25, 0.3) is 0 Å². The molecule has 6 heteroatoms. The Labute approximate surface area is 121 Å². The molecule has 0 spiro atoms. The number of rotatable bonds is 5. The largest absolute Gasteiger partial charge is 0.465 e. The lowest BCUT2D eigenvalue weighted by atomic mass is 10.0. The summed E-state index contributed by atoms with van der Waals surface area (Å²) in [5, 5.41) is 0. The quantitative estimate of drug-likeness (QED) is 0.862. The summed E-state index contributed by atoms with van der Waals surface area (Å²) in [5.74, 6) is -1.66. The fraction of sp³-hybridized carbons (Fsp3) is 0.333. The molecule has 0 saturated carbocycles. The van der Waals surface area contributed by atoms with E-state index in [2.05, 4.69) is 0 Å². The summed E-state index contributed by atoms with van der Waals surface area (Å²) in [6.45, 7) is 2.27. The average molecular weight is 298 g/mol. The number of halogens is 3. The van der Waals surface area contributed by atoms with E-state index in [1.54, 1.807) is 18.0 Å². The van der Waals surface area contributed by atoms with Crippen LogP contribution in [0.2, 0.25) is 0 Å². The van der Waals surface area contributed by atoms with Gasteiger partial charge in [-0.25, -0.2) is 13.2 Å². The molecule has 1 atom stereocenters. The molecule has 0 amide bonds. The maximum atomic E-state index is 13.9. The lowest BCUT2D eigenvalue weighted by molar-refractivity contribution is 0.216. The molecular weight excluding hydrogens is 281 g/mol. The highest BCUT2D eigenvalue weighted by molar-refractivity contribution is 5.24. The highest BCUT2D eigenvalue weighted by atomic mass is 19.2. The summed E-state index contributed by atoms with van der Waals surface area (Å²) in [7, 11) is 1.72. The van der Waals surface area contributed by atoms with Gasteiger partial charge in [0.05, 0.1) is 12.6 Å². The predicted molar refractivity (Wildman–Crippen MR) is 73.0 cm³/mol. The van der Waals surface area contributed by atoms with E-state index in [0.29, 0.717) is 18.4 Å².